The minimum Gasteiger partial charge on any atom is -0.383 e. The average Bonchev–Trinajstić information content (AvgIpc) is 2.57. The van der Waals surface area contributed by atoms with Crippen molar-refractivity contribution >= 4 is 33.5 Å². The Labute approximate surface area is 153 Å². The minimum atomic E-state index is 0.629. The maximum atomic E-state index is 5.95. The summed E-state index contributed by atoms with van der Waals surface area (Å²) in [5.41, 5.74) is 5.95. The molecule has 0 spiro atoms. The van der Waals surface area contributed by atoms with Gasteiger partial charge in [0.15, 0.2) is 0 Å². The number of unbranched alkanes of at least 4 members (excludes halogenated alkanes) is 1. The van der Waals surface area contributed by atoms with Crippen LogP contribution < -0.4 is 5.73 Å². The van der Waals surface area contributed by atoms with Crippen molar-refractivity contribution in [3.63, 3.8) is 0 Å². The molecule has 0 atom stereocenters. The van der Waals surface area contributed by atoms with Crippen molar-refractivity contribution in [2.24, 2.45) is 0 Å². The zero-order valence-electron chi connectivity index (χ0n) is 14.3. The molecule has 0 bridgehead atoms. The van der Waals surface area contributed by atoms with Crippen LogP contribution in [0.15, 0.2) is 21.6 Å². The van der Waals surface area contributed by atoms with Crippen molar-refractivity contribution in [1.29, 1.82) is 0 Å². The van der Waals surface area contributed by atoms with E-state index in [4.69, 9.17) is 5.73 Å². The topological polar surface area (TPSA) is 45.4 Å². The fraction of sp³-hybridized carbons (Fsp3) is 0.706. The van der Waals surface area contributed by atoms with Crippen LogP contribution in [0.1, 0.15) is 39.5 Å². The van der Waals surface area contributed by atoms with Gasteiger partial charge < -0.3 is 10.6 Å². The van der Waals surface area contributed by atoms with Gasteiger partial charge in [-0.25, -0.2) is 4.98 Å². The zero-order chi connectivity index (χ0) is 16.7. The number of halogens is 1. The Morgan fingerprint density at radius 3 is 2.78 bits per heavy atom. The Hall–Kier alpha value is -0.300. The first-order valence-electron chi connectivity index (χ1n) is 8.64. The van der Waals surface area contributed by atoms with E-state index < -0.39 is 0 Å². The number of pyridine rings is 1. The quantitative estimate of drug-likeness (QED) is 0.666. The van der Waals surface area contributed by atoms with E-state index in [0.717, 1.165) is 21.3 Å². The minimum absolute atomic E-state index is 0.629. The van der Waals surface area contributed by atoms with Crippen molar-refractivity contribution in [3.8, 4) is 0 Å². The smallest absolute Gasteiger partial charge is 0.137 e. The van der Waals surface area contributed by atoms with Crippen LogP contribution in [0.5, 0.6) is 0 Å². The molecule has 1 aromatic heterocycles. The predicted octanol–water partition coefficient (Wildman–Crippen LogP) is 4.06. The normalized spacial score (nSPS) is 17.0. The second kappa shape index (κ2) is 9.87. The molecule has 1 aromatic rings. The monoisotopic (exact) mass is 400 g/mol. The Kier molecular flexibility index (Phi) is 8.16. The van der Waals surface area contributed by atoms with Gasteiger partial charge in [-0.15, -0.1) is 11.8 Å². The number of nitrogen functional groups attached to an aromatic ring is 1. The van der Waals surface area contributed by atoms with Gasteiger partial charge in [-0.05, 0) is 54.3 Å². The lowest BCUT2D eigenvalue weighted by Gasteiger charge is -2.38. The Morgan fingerprint density at radius 1 is 1.39 bits per heavy atom. The molecule has 0 aliphatic carbocycles. The molecule has 2 heterocycles. The number of likely N-dealkylation sites (tertiary alicyclic amines) is 1. The SMILES string of the molecule is CCCCN(CC)C1CCN(CSc2cc(Br)cnc2N)CC1. The highest BCUT2D eigenvalue weighted by atomic mass is 79.9. The van der Waals surface area contributed by atoms with Crippen LogP contribution in [0.3, 0.4) is 0 Å². The third-order valence-corrected chi connectivity index (χ3v) is 6.10. The predicted molar refractivity (Wildman–Crippen MR) is 104 cm³/mol. The number of rotatable bonds is 8. The molecule has 1 fully saturated rings. The number of nitrogens with two attached hydrogens (primary N) is 1. The van der Waals surface area contributed by atoms with E-state index in [1.54, 1.807) is 18.0 Å². The summed E-state index contributed by atoms with van der Waals surface area (Å²) in [6.45, 7) is 9.37. The van der Waals surface area contributed by atoms with E-state index in [9.17, 15) is 0 Å². The molecular weight excluding hydrogens is 372 g/mol. The number of hydrogen-bond donors (Lipinski definition) is 1. The molecule has 6 heteroatoms. The molecule has 0 unspecified atom stereocenters. The first-order chi connectivity index (χ1) is 11.1. The highest BCUT2D eigenvalue weighted by Gasteiger charge is 2.23. The summed E-state index contributed by atoms with van der Waals surface area (Å²) in [6, 6.07) is 2.83. The summed E-state index contributed by atoms with van der Waals surface area (Å²) in [5, 5.41) is 0. The van der Waals surface area contributed by atoms with E-state index in [0.29, 0.717) is 5.82 Å². The van der Waals surface area contributed by atoms with Crippen molar-refractivity contribution in [2.75, 3.05) is 37.8 Å². The molecule has 1 aliphatic rings. The summed E-state index contributed by atoms with van der Waals surface area (Å²) in [5.74, 6) is 1.63. The van der Waals surface area contributed by atoms with E-state index in [1.165, 1.54) is 51.9 Å². The maximum absolute atomic E-state index is 5.95. The lowest BCUT2D eigenvalue weighted by molar-refractivity contribution is 0.121. The Bertz CT molecular complexity index is 478. The van der Waals surface area contributed by atoms with Crippen LogP contribution in [0, 0.1) is 0 Å². The summed E-state index contributed by atoms with van der Waals surface area (Å²) < 4.78 is 0.988. The average molecular weight is 401 g/mol. The third-order valence-electron chi connectivity index (χ3n) is 4.53. The molecule has 23 heavy (non-hydrogen) atoms. The number of aromatic nitrogens is 1. The fourth-order valence-electron chi connectivity index (χ4n) is 3.08. The summed E-state index contributed by atoms with van der Waals surface area (Å²) in [4.78, 5) is 10.5. The molecule has 1 saturated heterocycles. The van der Waals surface area contributed by atoms with Crippen LogP contribution in [0.2, 0.25) is 0 Å². The molecular formula is C17H29BrN4S. The third kappa shape index (κ3) is 5.93. The number of nitrogens with zero attached hydrogens (tertiary/aromatic N) is 3. The first kappa shape index (κ1) is 19.0. The van der Waals surface area contributed by atoms with Gasteiger partial charge in [0.05, 0.1) is 4.90 Å². The van der Waals surface area contributed by atoms with Crippen molar-refractivity contribution < 1.29 is 0 Å². The largest absolute Gasteiger partial charge is 0.383 e. The molecule has 2 rings (SSSR count). The van der Waals surface area contributed by atoms with E-state index in [-0.39, 0.29) is 0 Å². The Balaban J connectivity index is 1.77. The lowest BCUT2D eigenvalue weighted by Crippen LogP contribution is -2.45. The van der Waals surface area contributed by atoms with Crippen LogP contribution in [0.25, 0.3) is 0 Å². The standard InChI is InChI=1S/C17H29BrN4S/c1-3-5-8-22(4-2)15-6-9-21(10-7-15)13-23-16-11-14(18)12-20-17(16)19/h11-12,15H,3-10,13H2,1-2H3,(H2,19,20). The van der Waals surface area contributed by atoms with Crippen LogP contribution in [-0.2, 0) is 0 Å². The van der Waals surface area contributed by atoms with Gasteiger partial charge in [-0.3, -0.25) is 4.90 Å². The molecule has 0 aromatic carbocycles. The molecule has 0 radical (unpaired) electrons. The highest BCUT2D eigenvalue weighted by molar-refractivity contribution is 9.10. The first-order valence-corrected chi connectivity index (χ1v) is 10.4. The molecule has 4 nitrogen and oxygen atoms in total. The number of thioether (sulfide) groups is 1. The number of hydrogen-bond acceptors (Lipinski definition) is 5. The van der Waals surface area contributed by atoms with Crippen LogP contribution in [0.4, 0.5) is 5.82 Å². The molecule has 1 aliphatic heterocycles. The van der Waals surface area contributed by atoms with Crippen LogP contribution in [-0.4, -0.2) is 52.9 Å². The maximum Gasteiger partial charge on any atom is 0.137 e. The van der Waals surface area contributed by atoms with Gasteiger partial charge >= 0.3 is 0 Å². The van der Waals surface area contributed by atoms with Crippen molar-refractivity contribution in [3.05, 3.63) is 16.7 Å². The van der Waals surface area contributed by atoms with Crippen molar-refractivity contribution in [1.82, 2.24) is 14.8 Å². The van der Waals surface area contributed by atoms with Crippen molar-refractivity contribution in [2.45, 2.75) is 50.5 Å². The van der Waals surface area contributed by atoms with Gasteiger partial charge in [-0.2, -0.15) is 0 Å². The molecule has 2 N–H and O–H groups in total. The highest BCUT2D eigenvalue weighted by Crippen LogP contribution is 2.28. The van der Waals surface area contributed by atoms with Gasteiger partial charge in [0.2, 0.25) is 0 Å². The number of piperidine rings is 1. The van der Waals surface area contributed by atoms with E-state index >= 15 is 0 Å². The van der Waals surface area contributed by atoms with Gasteiger partial charge in [-0.1, -0.05) is 20.3 Å². The Morgan fingerprint density at radius 2 is 2.13 bits per heavy atom. The lowest BCUT2D eigenvalue weighted by atomic mass is 10.0. The van der Waals surface area contributed by atoms with Gasteiger partial charge in [0, 0.05) is 35.7 Å². The summed E-state index contributed by atoms with van der Waals surface area (Å²) in [7, 11) is 0. The number of anilines is 1. The van der Waals surface area contributed by atoms with E-state index in [1.807, 2.05) is 0 Å². The zero-order valence-corrected chi connectivity index (χ0v) is 16.7. The fourth-order valence-corrected chi connectivity index (χ4v) is 4.55. The van der Waals surface area contributed by atoms with Gasteiger partial charge in [0.1, 0.15) is 5.82 Å². The summed E-state index contributed by atoms with van der Waals surface area (Å²) in [6.07, 6.45) is 6.92. The second-order valence-electron chi connectivity index (χ2n) is 6.14. The summed E-state index contributed by atoms with van der Waals surface area (Å²) >= 11 is 5.26. The van der Waals surface area contributed by atoms with Gasteiger partial charge in [0.25, 0.3) is 0 Å². The van der Waals surface area contributed by atoms with E-state index in [2.05, 4.69) is 50.6 Å². The molecule has 130 valence electrons. The second-order valence-corrected chi connectivity index (χ2v) is 8.04. The molecule has 0 saturated carbocycles. The molecule has 0 amide bonds. The van der Waals surface area contributed by atoms with Crippen LogP contribution >= 0.6 is 27.7 Å².